The van der Waals surface area contributed by atoms with Crippen molar-refractivity contribution in [2.45, 2.75) is 18.4 Å². The number of hydrogen-bond donors (Lipinski definition) is 2. The second kappa shape index (κ2) is 6.27. The lowest BCUT2D eigenvalue weighted by Crippen LogP contribution is -2.43. The first kappa shape index (κ1) is 15.3. The highest BCUT2D eigenvalue weighted by Crippen LogP contribution is 2.40. The van der Waals surface area contributed by atoms with Gasteiger partial charge in [0.1, 0.15) is 5.75 Å². The average Bonchev–Trinajstić information content (AvgIpc) is 2.62. The molecule has 3 N–H and O–H groups in total. The van der Waals surface area contributed by atoms with Gasteiger partial charge in [0.05, 0.1) is 5.54 Å². The van der Waals surface area contributed by atoms with Crippen LogP contribution in [0.4, 0.5) is 0 Å². The van der Waals surface area contributed by atoms with Crippen molar-refractivity contribution in [3.05, 3.63) is 102 Å². The summed E-state index contributed by atoms with van der Waals surface area (Å²) >= 11 is 0. The number of phenols is 1. The minimum absolute atomic E-state index is 0.0490. The van der Waals surface area contributed by atoms with Crippen LogP contribution in [0.2, 0.25) is 0 Å². The first-order valence-electron chi connectivity index (χ1n) is 7.81. The van der Waals surface area contributed by atoms with E-state index in [9.17, 15) is 5.11 Å². The van der Waals surface area contributed by atoms with Gasteiger partial charge in [-0.2, -0.15) is 0 Å². The molecule has 0 bridgehead atoms. The van der Waals surface area contributed by atoms with Crippen LogP contribution in [0.1, 0.15) is 29.5 Å². The smallest absolute Gasteiger partial charge is 0.115 e. The van der Waals surface area contributed by atoms with Gasteiger partial charge in [-0.1, -0.05) is 79.7 Å². The van der Waals surface area contributed by atoms with Gasteiger partial charge >= 0.3 is 0 Å². The monoisotopic (exact) mass is 303 g/mol. The maximum atomic E-state index is 9.54. The number of nitrogens with two attached hydrogens (primary N) is 1. The van der Waals surface area contributed by atoms with Crippen LogP contribution >= 0.6 is 0 Å². The average molecular weight is 303 g/mol. The molecule has 0 aliphatic rings. The van der Waals surface area contributed by atoms with Crippen LogP contribution in [0.5, 0.6) is 5.75 Å². The lowest BCUT2D eigenvalue weighted by Gasteiger charge is -2.37. The fourth-order valence-electron chi connectivity index (χ4n) is 3.12. The van der Waals surface area contributed by atoms with Crippen molar-refractivity contribution in [2.75, 3.05) is 0 Å². The Morgan fingerprint density at radius 1 is 0.739 bits per heavy atom. The molecule has 1 atom stereocenters. The molecule has 0 radical (unpaired) electrons. The normalized spacial score (nSPS) is 12.8. The van der Waals surface area contributed by atoms with Crippen molar-refractivity contribution >= 4 is 0 Å². The molecule has 3 aromatic carbocycles. The number of rotatable bonds is 4. The van der Waals surface area contributed by atoms with E-state index in [1.807, 2.05) is 48.5 Å². The molecule has 0 aliphatic heterocycles. The van der Waals surface area contributed by atoms with E-state index in [1.165, 1.54) is 0 Å². The summed E-state index contributed by atoms with van der Waals surface area (Å²) in [5.74, 6) is 0.316. The van der Waals surface area contributed by atoms with E-state index in [1.54, 1.807) is 12.1 Å². The number of aromatic hydroxyl groups is 1. The van der Waals surface area contributed by atoms with Gasteiger partial charge in [-0.3, -0.25) is 0 Å². The molecule has 0 fully saturated rings. The van der Waals surface area contributed by atoms with Crippen LogP contribution in [-0.2, 0) is 5.54 Å². The second-order valence-corrected chi connectivity index (χ2v) is 5.91. The van der Waals surface area contributed by atoms with Gasteiger partial charge in [0.15, 0.2) is 0 Å². The Balaban J connectivity index is 2.14. The van der Waals surface area contributed by atoms with E-state index in [0.717, 1.165) is 16.7 Å². The Hall–Kier alpha value is -2.58. The Kier molecular flexibility index (Phi) is 4.18. The predicted octanol–water partition coefficient (Wildman–Crippen LogP) is 4.40. The van der Waals surface area contributed by atoms with Gasteiger partial charge in [0, 0.05) is 5.92 Å². The SMILES string of the molecule is CC(c1ccc(O)cc1)C(N)(c1ccccc1)c1ccccc1. The molecule has 3 aromatic rings. The summed E-state index contributed by atoms with van der Waals surface area (Å²) in [6.07, 6.45) is 0. The van der Waals surface area contributed by atoms with Crippen LogP contribution in [0, 0.1) is 0 Å². The summed E-state index contributed by atoms with van der Waals surface area (Å²) in [6, 6.07) is 27.7. The summed E-state index contributed by atoms with van der Waals surface area (Å²) in [5, 5.41) is 9.54. The summed E-state index contributed by atoms with van der Waals surface area (Å²) in [7, 11) is 0. The first-order chi connectivity index (χ1) is 11.1. The minimum atomic E-state index is -0.639. The van der Waals surface area contributed by atoms with Gasteiger partial charge < -0.3 is 10.8 Å². The fraction of sp³-hybridized carbons (Fsp3) is 0.143. The maximum absolute atomic E-state index is 9.54. The highest BCUT2D eigenvalue weighted by Gasteiger charge is 2.36. The molecule has 116 valence electrons. The minimum Gasteiger partial charge on any atom is -0.508 e. The van der Waals surface area contributed by atoms with Gasteiger partial charge in [-0.25, -0.2) is 0 Å². The number of benzene rings is 3. The van der Waals surface area contributed by atoms with E-state index in [0.29, 0.717) is 0 Å². The molecule has 2 nitrogen and oxygen atoms in total. The Morgan fingerprint density at radius 3 is 1.61 bits per heavy atom. The molecule has 0 amide bonds. The zero-order valence-corrected chi connectivity index (χ0v) is 13.2. The third-order valence-electron chi connectivity index (χ3n) is 4.58. The molecule has 1 unspecified atom stereocenters. The zero-order chi connectivity index (χ0) is 16.3. The first-order valence-corrected chi connectivity index (χ1v) is 7.81. The molecule has 0 spiro atoms. The quantitative estimate of drug-likeness (QED) is 0.750. The van der Waals surface area contributed by atoms with Crippen LogP contribution in [0.3, 0.4) is 0 Å². The summed E-state index contributed by atoms with van der Waals surface area (Å²) < 4.78 is 0. The van der Waals surface area contributed by atoms with Crippen molar-refractivity contribution in [3.63, 3.8) is 0 Å². The van der Waals surface area contributed by atoms with Crippen LogP contribution in [0.15, 0.2) is 84.9 Å². The lowest BCUT2D eigenvalue weighted by molar-refractivity contribution is 0.446. The largest absolute Gasteiger partial charge is 0.508 e. The molecule has 3 rings (SSSR count). The van der Waals surface area contributed by atoms with Crippen LogP contribution in [-0.4, -0.2) is 5.11 Å². The van der Waals surface area contributed by atoms with E-state index in [4.69, 9.17) is 5.73 Å². The van der Waals surface area contributed by atoms with Crippen LogP contribution < -0.4 is 5.73 Å². The predicted molar refractivity (Wildman–Crippen MR) is 94.4 cm³/mol. The lowest BCUT2D eigenvalue weighted by atomic mass is 9.72. The maximum Gasteiger partial charge on any atom is 0.115 e. The Bertz CT molecular complexity index is 711. The van der Waals surface area contributed by atoms with Gasteiger partial charge in [0.2, 0.25) is 0 Å². The van der Waals surface area contributed by atoms with E-state index in [2.05, 4.69) is 31.2 Å². The zero-order valence-electron chi connectivity index (χ0n) is 13.2. The van der Waals surface area contributed by atoms with Crippen molar-refractivity contribution in [2.24, 2.45) is 5.73 Å². The molecular weight excluding hydrogens is 282 g/mol. The highest BCUT2D eigenvalue weighted by atomic mass is 16.3. The molecule has 23 heavy (non-hydrogen) atoms. The molecular formula is C21H21NO. The Morgan fingerprint density at radius 2 is 1.17 bits per heavy atom. The van der Waals surface area contributed by atoms with Gasteiger partial charge in [-0.15, -0.1) is 0 Å². The van der Waals surface area contributed by atoms with Crippen molar-refractivity contribution < 1.29 is 5.11 Å². The molecule has 0 aromatic heterocycles. The van der Waals surface area contributed by atoms with Crippen molar-refractivity contribution in [3.8, 4) is 5.75 Å². The fourth-order valence-corrected chi connectivity index (χ4v) is 3.12. The molecule has 0 heterocycles. The molecule has 0 aliphatic carbocycles. The van der Waals surface area contributed by atoms with E-state index < -0.39 is 5.54 Å². The van der Waals surface area contributed by atoms with E-state index >= 15 is 0 Å². The number of hydrogen-bond acceptors (Lipinski definition) is 2. The third kappa shape index (κ3) is 2.86. The summed E-state index contributed by atoms with van der Waals surface area (Å²) in [5.41, 5.74) is 9.60. The Labute approximate surface area is 137 Å². The second-order valence-electron chi connectivity index (χ2n) is 5.91. The molecule has 2 heteroatoms. The van der Waals surface area contributed by atoms with Crippen molar-refractivity contribution in [1.29, 1.82) is 0 Å². The summed E-state index contributed by atoms with van der Waals surface area (Å²) in [6.45, 7) is 2.13. The van der Waals surface area contributed by atoms with Gasteiger partial charge in [0.25, 0.3) is 0 Å². The summed E-state index contributed by atoms with van der Waals surface area (Å²) in [4.78, 5) is 0. The number of phenolic OH excluding ortho intramolecular Hbond substituents is 1. The van der Waals surface area contributed by atoms with Crippen LogP contribution in [0.25, 0.3) is 0 Å². The van der Waals surface area contributed by atoms with Gasteiger partial charge in [-0.05, 0) is 28.8 Å². The third-order valence-corrected chi connectivity index (χ3v) is 4.58. The topological polar surface area (TPSA) is 46.2 Å². The molecule has 0 saturated carbocycles. The standard InChI is InChI=1S/C21H21NO/c1-16(17-12-14-20(23)15-13-17)21(22,18-8-4-2-5-9-18)19-10-6-3-7-11-19/h2-16,23H,22H2,1H3. The van der Waals surface area contributed by atoms with E-state index in [-0.39, 0.29) is 11.7 Å². The van der Waals surface area contributed by atoms with Crippen molar-refractivity contribution in [1.82, 2.24) is 0 Å². The highest BCUT2D eigenvalue weighted by molar-refractivity contribution is 5.43. The molecule has 0 saturated heterocycles.